The number of nitrogens with two attached hydrogens (primary N) is 2. The number of hydrogen-bond donors (Lipinski definition) is 4. The number of aromatic nitrogens is 2. The van der Waals surface area contributed by atoms with E-state index in [1.807, 2.05) is 0 Å². The lowest BCUT2D eigenvalue weighted by molar-refractivity contribution is -0.140. The van der Waals surface area contributed by atoms with E-state index in [0.717, 1.165) is 23.4 Å². The van der Waals surface area contributed by atoms with E-state index in [4.69, 9.17) is 26.0 Å². The first-order valence-electron chi connectivity index (χ1n) is 10.5. The number of hydrogen-bond acceptors (Lipinski definition) is 9. The zero-order chi connectivity index (χ0) is 26.6. The van der Waals surface area contributed by atoms with E-state index >= 15 is 0 Å². The third-order valence-electron chi connectivity index (χ3n) is 4.93. The fourth-order valence-corrected chi connectivity index (χ4v) is 3.66. The Morgan fingerprint density at radius 2 is 2.03 bits per heavy atom. The smallest absolute Gasteiger partial charge is 0.433 e. The molecule has 0 aliphatic rings. The number of ether oxygens (including phenoxy) is 1. The van der Waals surface area contributed by atoms with Crippen LogP contribution >= 0.6 is 11.8 Å². The maximum absolute atomic E-state index is 13.2. The largest absolute Gasteiger partial charge is 0.494 e. The first-order valence-corrected chi connectivity index (χ1v) is 11.4. The van der Waals surface area contributed by atoms with Crippen LogP contribution < -0.4 is 21.5 Å². The average Bonchev–Trinajstić information content (AvgIpc) is 3.26. The second-order valence-electron chi connectivity index (χ2n) is 7.69. The molecule has 0 aliphatic carbocycles. The molecule has 0 saturated heterocycles. The van der Waals surface area contributed by atoms with Gasteiger partial charge in [-0.25, -0.2) is 9.97 Å². The molecule has 0 spiro atoms. The third-order valence-corrected chi connectivity index (χ3v) is 5.39. The van der Waals surface area contributed by atoms with E-state index in [9.17, 15) is 18.0 Å². The fourth-order valence-electron chi connectivity index (χ4n) is 3.30. The Hall–Kier alpha value is -3.65. The molecule has 0 fully saturated rings. The van der Waals surface area contributed by atoms with Crippen LogP contribution in [0.25, 0.3) is 22.4 Å². The highest BCUT2D eigenvalue weighted by Crippen LogP contribution is 2.37. The van der Waals surface area contributed by atoms with Crippen molar-refractivity contribution in [1.82, 2.24) is 15.3 Å². The second-order valence-corrected chi connectivity index (χ2v) is 8.58. The number of thioether (sulfide) groups is 1. The molecular formula is C22H24F3N7O3S. The van der Waals surface area contributed by atoms with Crippen molar-refractivity contribution in [2.24, 2.45) is 16.5 Å². The molecule has 2 aromatic heterocycles. The highest BCUT2D eigenvalue weighted by Gasteiger charge is 2.33. The van der Waals surface area contributed by atoms with Gasteiger partial charge in [0.25, 0.3) is 5.91 Å². The number of carbonyl (C=O) groups excluding carboxylic acids is 1. The molecule has 2 heterocycles. The Labute approximate surface area is 208 Å². The summed E-state index contributed by atoms with van der Waals surface area (Å²) < 4.78 is 50.7. The van der Waals surface area contributed by atoms with Crippen LogP contribution in [-0.2, 0) is 6.18 Å². The summed E-state index contributed by atoms with van der Waals surface area (Å²) >= 11 is 0.940. The van der Waals surface area contributed by atoms with E-state index in [0.29, 0.717) is 5.56 Å². The monoisotopic (exact) mass is 523 g/mol. The highest BCUT2D eigenvalue weighted by molar-refractivity contribution is 8.24. The number of carbonyl (C=O) groups is 1. The number of halogens is 3. The van der Waals surface area contributed by atoms with Crippen LogP contribution in [0.3, 0.4) is 0 Å². The molecule has 36 heavy (non-hydrogen) atoms. The van der Waals surface area contributed by atoms with Crippen LogP contribution in [0.2, 0.25) is 0 Å². The van der Waals surface area contributed by atoms with Gasteiger partial charge in [0.15, 0.2) is 16.6 Å². The number of rotatable bonds is 8. The Balaban J connectivity index is 1.99. The third kappa shape index (κ3) is 5.94. The average molecular weight is 524 g/mol. The van der Waals surface area contributed by atoms with Crippen LogP contribution in [0.1, 0.15) is 41.8 Å². The van der Waals surface area contributed by atoms with E-state index < -0.39 is 23.8 Å². The van der Waals surface area contributed by atoms with Crippen molar-refractivity contribution in [1.29, 1.82) is 5.41 Å². The molecule has 0 radical (unpaired) electrons. The Morgan fingerprint density at radius 1 is 1.31 bits per heavy atom. The van der Waals surface area contributed by atoms with Gasteiger partial charge in [-0.2, -0.15) is 13.2 Å². The molecule has 1 aromatic carbocycles. The number of nitrogens with one attached hydrogen (secondary N) is 2. The SMILES string of the molecule is COc1ccc(-c2nc(C(=O)NC[C@@H](C)N=C(N)SC=N)c(C(C)N)o2)c2ccc(C(F)(F)F)nc12. The highest BCUT2D eigenvalue weighted by atomic mass is 32.2. The van der Waals surface area contributed by atoms with Crippen molar-refractivity contribution in [2.75, 3.05) is 13.7 Å². The number of amides is 1. The summed E-state index contributed by atoms with van der Waals surface area (Å²) in [6, 6.07) is 3.99. The summed E-state index contributed by atoms with van der Waals surface area (Å²) in [6.45, 7) is 3.45. The van der Waals surface area contributed by atoms with E-state index in [1.165, 1.54) is 19.2 Å². The van der Waals surface area contributed by atoms with Gasteiger partial charge in [0.1, 0.15) is 17.0 Å². The van der Waals surface area contributed by atoms with Crippen molar-refractivity contribution >= 4 is 39.3 Å². The van der Waals surface area contributed by atoms with Crippen molar-refractivity contribution in [3.8, 4) is 17.2 Å². The van der Waals surface area contributed by atoms with Gasteiger partial charge in [-0.3, -0.25) is 9.79 Å². The normalized spacial score (nSPS) is 13.9. The number of fused-ring (bicyclic) bond motifs is 1. The minimum absolute atomic E-state index is 0.0145. The molecular weight excluding hydrogens is 499 g/mol. The van der Waals surface area contributed by atoms with E-state index in [1.54, 1.807) is 19.9 Å². The first kappa shape index (κ1) is 26.9. The van der Waals surface area contributed by atoms with Crippen LogP contribution in [0.15, 0.2) is 33.7 Å². The molecule has 10 nitrogen and oxygen atoms in total. The zero-order valence-electron chi connectivity index (χ0n) is 19.5. The predicted octanol–water partition coefficient (Wildman–Crippen LogP) is 3.71. The van der Waals surface area contributed by atoms with Crippen molar-refractivity contribution in [3.05, 3.63) is 41.4 Å². The minimum atomic E-state index is -4.64. The molecule has 6 N–H and O–H groups in total. The molecule has 1 unspecified atom stereocenters. The maximum Gasteiger partial charge on any atom is 0.433 e. The zero-order valence-corrected chi connectivity index (χ0v) is 20.3. The molecule has 14 heteroatoms. The van der Waals surface area contributed by atoms with Gasteiger partial charge in [0.2, 0.25) is 5.89 Å². The molecule has 1 amide bonds. The number of oxazole rings is 1. The van der Waals surface area contributed by atoms with Gasteiger partial charge >= 0.3 is 6.18 Å². The summed E-state index contributed by atoms with van der Waals surface area (Å²) in [5.74, 6) is -0.361. The van der Waals surface area contributed by atoms with E-state index in [2.05, 4.69) is 20.3 Å². The summed E-state index contributed by atoms with van der Waals surface area (Å²) in [5, 5.41) is 10.2. The molecule has 3 aromatic rings. The van der Waals surface area contributed by atoms with Gasteiger partial charge < -0.3 is 31.3 Å². The van der Waals surface area contributed by atoms with Crippen molar-refractivity contribution in [3.63, 3.8) is 0 Å². The van der Waals surface area contributed by atoms with Crippen LogP contribution in [0, 0.1) is 5.41 Å². The summed E-state index contributed by atoms with van der Waals surface area (Å²) in [6.07, 6.45) is -4.64. The van der Waals surface area contributed by atoms with Gasteiger partial charge in [0.05, 0.1) is 24.7 Å². The number of methoxy groups -OCH3 is 1. The summed E-state index contributed by atoms with van der Waals surface area (Å²) in [7, 11) is 1.32. The van der Waals surface area contributed by atoms with Crippen LogP contribution in [0.4, 0.5) is 13.2 Å². The fraction of sp³-hybridized carbons (Fsp3) is 0.318. The lowest BCUT2D eigenvalue weighted by Gasteiger charge is -2.11. The molecule has 0 bridgehead atoms. The molecule has 2 atom stereocenters. The number of benzene rings is 1. The van der Waals surface area contributed by atoms with Crippen LogP contribution in [-0.4, -0.2) is 46.3 Å². The van der Waals surface area contributed by atoms with Crippen molar-refractivity contribution < 1.29 is 27.1 Å². The Bertz CT molecular complexity index is 1310. The van der Waals surface area contributed by atoms with Crippen molar-refractivity contribution in [2.45, 2.75) is 32.1 Å². The summed E-state index contributed by atoms with van der Waals surface area (Å²) in [5.41, 5.74) is 11.8. The van der Waals surface area contributed by atoms with Gasteiger partial charge in [-0.15, -0.1) is 0 Å². The Kier molecular flexibility index (Phi) is 8.20. The minimum Gasteiger partial charge on any atom is -0.494 e. The second kappa shape index (κ2) is 11.0. The molecule has 0 saturated carbocycles. The number of nitrogens with zero attached hydrogens (tertiary/aromatic N) is 3. The number of amidine groups is 1. The van der Waals surface area contributed by atoms with Gasteiger partial charge in [-0.05, 0) is 49.9 Å². The Morgan fingerprint density at radius 3 is 2.64 bits per heavy atom. The number of pyridine rings is 1. The van der Waals surface area contributed by atoms with Crippen LogP contribution in [0.5, 0.6) is 5.75 Å². The predicted molar refractivity (Wildman–Crippen MR) is 131 cm³/mol. The lowest BCUT2D eigenvalue weighted by Crippen LogP contribution is -2.32. The quantitative estimate of drug-likeness (QED) is 0.256. The number of aliphatic imine (C=N–C) groups is 1. The molecule has 3 rings (SSSR count). The van der Waals surface area contributed by atoms with E-state index in [-0.39, 0.29) is 51.8 Å². The number of alkyl halides is 3. The standard InChI is InChI=1S/C22H24F3N7O3S/c1-10(30-21(28)36-9-26)8-29-19(33)17-18(11(2)27)35-20(32-17)13-4-6-14(34-3)16-12(13)5-7-15(31-16)22(23,24)25/h4-7,9-11,26H,8,27H2,1-3H3,(H2,28,30)(H,29,33)/t10-,11?/m1/s1. The molecule has 192 valence electrons. The summed E-state index contributed by atoms with van der Waals surface area (Å²) in [4.78, 5) is 25.1. The molecule has 0 aliphatic heterocycles. The lowest BCUT2D eigenvalue weighted by atomic mass is 10.1. The maximum atomic E-state index is 13.2. The first-order chi connectivity index (χ1) is 17.0. The van der Waals surface area contributed by atoms with Gasteiger partial charge in [0, 0.05) is 17.5 Å². The topological polar surface area (TPSA) is 166 Å². The van der Waals surface area contributed by atoms with Gasteiger partial charge in [-0.1, -0.05) is 0 Å².